The Hall–Kier alpha value is -3.96. The Kier molecular flexibility index (Phi) is 8.93. The first-order valence-corrected chi connectivity index (χ1v) is 13.8. The summed E-state index contributed by atoms with van der Waals surface area (Å²) in [6.45, 7) is 1.49. The first kappa shape index (κ1) is 27.1. The Morgan fingerprint density at radius 1 is 1.05 bits per heavy atom. The molecule has 3 aromatic rings. The number of nitrogens with zero attached hydrogens (tertiary/aromatic N) is 1. The fraction of sp³-hybridized carbons (Fsp3) is 0.296. The fourth-order valence-electron chi connectivity index (χ4n) is 4.03. The highest BCUT2D eigenvalue weighted by molar-refractivity contribution is 7.89. The van der Waals surface area contributed by atoms with Gasteiger partial charge in [-0.05, 0) is 42.0 Å². The minimum atomic E-state index is -4.09. The van der Waals surface area contributed by atoms with E-state index in [1.807, 2.05) is 12.1 Å². The van der Waals surface area contributed by atoms with E-state index in [1.54, 1.807) is 48.5 Å². The van der Waals surface area contributed by atoms with Crippen molar-refractivity contribution in [1.29, 1.82) is 0 Å². The maximum Gasteiger partial charge on any atom is 0.321 e. The summed E-state index contributed by atoms with van der Waals surface area (Å²) in [5, 5.41) is 16.7. The summed E-state index contributed by atoms with van der Waals surface area (Å²) in [5.74, 6) is -0.381. The van der Waals surface area contributed by atoms with Gasteiger partial charge in [0, 0.05) is 31.3 Å². The number of carboxylic acids is 1. The van der Waals surface area contributed by atoms with Gasteiger partial charge < -0.3 is 15.2 Å². The number of aryl methyl sites for hydroxylation is 1. The molecule has 0 bridgehead atoms. The number of aliphatic imine (C=N–C) groups is 1. The molecule has 0 saturated heterocycles. The smallest absolute Gasteiger partial charge is 0.321 e. The van der Waals surface area contributed by atoms with Gasteiger partial charge in [0.2, 0.25) is 15.9 Å². The number of carbonyl (C=O) groups excluding carboxylic acids is 1. The predicted molar refractivity (Wildman–Crippen MR) is 144 cm³/mol. The second-order valence-corrected chi connectivity index (χ2v) is 10.5. The highest BCUT2D eigenvalue weighted by Crippen LogP contribution is 2.23. The summed E-state index contributed by atoms with van der Waals surface area (Å²) < 4.78 is 33.9. The predicted octanol–water partition coefficient (Wildman–Crippen LogP) is 2.44. The molecule has 0 fully saturated rings. The van der Waals surface area contributed by atoms with Crippen molar-refractivity contribution in [2.75, 3.05) is 19.7 Å². The van der Waals surface area contributed by atoms with E-state index in [0.29, 0.717) is 36.5 Å². The van der Waals surface area contributed by atoms with Gasteiger partial charge in [0.15, 0.2) is 5.96 Å². The molecule has 38 heavy (non-hydrogen) atoms. The summed E-state index contributed by atoms with van der Waals surface area (Å²) in [6.07, 6.45) is 1.72. The van der Waals surface area contributed by atoms with Gasteiger partial charge in [-0.3, -0.25) is 19.9 Å². The van der Waals surface area contributed by atoms with Crippen LogP contribution in [0, 0.1) is 0 Å². The SMILES string of the molecule is O=C(CCc1ccc(OCCC(NS(=O)(=O)c2cccc3ccccc23)C(=O)O)cc1)NC1=NCCCN1. The minimum Gasteiger partial charge on any atom is -0.494 e. The van der Waals surface area contributed by atoms with Crippen LogP contribution in [0.1, 0.15) is 24.8 Å². The molecule has 0 aliphatic carbocycles. The van der Waals surface area contributed by atoms with Crippen molar-refractivity contribution in [2.24, 2.45) is 4.99 Å². The highest BCUT2D eigenvalue weighted by atomic mass is 32.2. The number of hydrogen-bond donors (Lipinski definition) is 4. The van der Waals surface area contributed by atoms with Crippen molar-refractivity contribution in [3.8, 4) is 5.75 Å². The molecule has 1 amide bonds. The van der Waals surface area contributed by atoms with Gasteiger partial charge in [0.05, 0.1) is 11.5 Å². The van der Waals surface area contributed by atoms with E-state index in [4.69, 9.17) is 4.74 Å². The molecule has 1 aliphatic heterocycles. The molecule has 4 rings (SSSR count). The molecule has 200 valence electrons. The molecule has 10 nitrogen and oxygen atoms in total. The molecular formula is C27H30N4O6S. The molecule has 1 aliphatic rings. The maximum absolute atomic E-state index is 13.0. The van der Waals surface area contributed by atoms with Crippen LogP contribution in [-0.4, -0.2) is 57.1 Å². The van der Waals surface area contributed by atoms with E-state index in [0.717, 1.165) is 23.9 Å². The van der Waals surface area contributed by atoms with Crippen LogP contribution in [0.15, 0.2) is 76.6 Å². The molecular weight excluding hydrogens is 508 g/mol. The standard InChI is InChI=1S/C27H30N4O6S/c32-25(30-27-28-16-4-17-29-27)14-11-19-9-12-21(13-10-19)37-18-15-23(26(33)34)31-38(35,36)24-8-3-6-20-5-1-2-7-22(20)24/h1-3,5-10,12-13,23,31H,4,11,14-18H2,(H,33,34)(H2,28,29,30,32). The van der Waals surface area contributed by atoms with Crippen LogP contribution in [0.25, 0.3) is 10.8 Å². The van der Waals surface area contributed by atoms with Gasteiger partial charge >= 0.3 is 5.97 Å². The van der Waals surface area contributed by atoms with Crippen LogP contribution < -0.4 is 20.1 Å². The number of carbonyl (C=O) groups is 2. The third kappa shape index (κ3) is 7.30. The number of carboxylic acid groups (broad SMARTS) is 1. The zero-order valence-electron chi connectivity index (χ0n) is 20.7. The van der Waals surface area contributed by atoms with E-state index >= 15 is 0 Å². The molecule has 4 N–H and O–H groups in total. The summed E-state index contributed by atoms with van der Waals surface area (Å²) >= 11 is 0. The van der Waals surface area contributed by atoms with Crippen molar-refractivity contribution >= 4 is 38.6 Å². The van der Waals surface area contributed by atoms with Crippen molar-refractivity contribution in [3.63, 3.8) is 0 Å². The number of aliphatic carboxylic acids is 1. The largest absolute Gasteiger partial charge is 0.494 e. The summed E-state index contributed by atoms with van der Waals surface area (Å²) in [6, 6.07) is 17.6. The average Bonchev–Trinajstić information content (AvgIpc) is 2.92. The van der Waals surface area contributed by atoms with Gasteiger partial charge in [-0.2, -0.15) is 4.72 Å². The zero-order chi connectivity index (χ0) is 27.0. The molecule has 0 saturated carbocycles. The lowest BCUT2D eigenvalue weighted by Crippen LogP contribution is -2.43. The van der Waals surface area contributed by atoms with E-state index < -0.39 is 22.0 Å². The number of ether oxygens (including phenoxy) is 1. The summed E-state index contributed by atoms with van der Waals surface area (Å²) in [7, 11) is -4.09. The van der Waals surface area contributed by atoms with E-state index in [1.165, 1.54) is 6.07 Å². The first-order chi connectivity index (χ1) is 18.3. The maximum atomic E-state index is 13.0. The lowest BCUT2D eigenvalue weighted by atomic mass is 10.1. The molecule has 11 heteroatoms. The molecule has 0 spiro atoms. The molecule has 1 atom stereocenters. The summed E-state index contributed by atoms with van der Waals surface area (Å²) in [5.41, 5.74) is 0.942. The van der Waals surface area contributed by atoms with Gasteiger partial charge in [-0.25, -0.2) is 8.42 Å². The van der Waals surface area contributed by atoms with Crippen molar-refractivity contribution < 1.29 is 27.9 Å². The van der Waals surface area contributed by atoms with Crippen LogP contribution >= 0.6 is 0 Å². The highest BCUT2D eigenvalue weighted by Gasteiger charge is 2.26. The number of benzene rings is 3. The van der Waals surface area contributed by atoms with Gasteiger partial charge in [0.1, 0.15) is 11.8 Å². The number of guanidine groups is 1. The Bertz CT molecular complexity index is 1420. The van der Waals surface area contributed by atoms with Gasteiger partial charge in [0.25, 0.3) is 0 Å². The Morgan fingerprint density at radius 3 is 2.55 bits per heavy atom. The normalized spacial score (nSPS) is 14.3. The lowest BCUT2D eigenvalue weighted by Gasteiger charge is -2.16. The van der Waals surface area contributed by atoms with Crippen LogP contribution in [0.4, 0.5) is 0 Å². The topological polar surface area (TPSA) is 146 Å². The summed E-state index contributed by atoms with van der Waals surface area (Å²) in [4.78, 5) is 28.1. The fourth-order valence-corrected chi connectivity index (χ4v) is 5.48. The van der Waals surface area contributed by atoms with Crippen molar-refractivity contribution in [2.45, 2.75) is 36.6 Å². The van der Waals surface area contributed by atoms with Gasteiger partial charge in [-0.15, -0.1) is 0 Å². The number of rotatable bonds is 11. The van der Waals surface area contributed by atoms with E-state index in [9.17, 15) is 23.1 Å². The molecule has 3 aromatic carbocycles. The van der Waals surface area contributed by atoms with Crippen molar-refractivity contribution in [3.05, 3.63) is 72.3 Å². The molecule has 0 radical (unpaired) electrons. The van der Waals surface area contributed by atoms with Crippen LogP contribution in [-0.2, 0) is 26.0 Å². The van der Waals surface area contributed by atoms with Crippen LogP contribution in [0.5, 0.6) is 5.75 Å². The second-order valence-electron chi connectivity index (χ2n) is 8.83. The number of fused-ring (bicyclic) bond motifs is 1. The molecule has 1 unspecified atom stereocenters. The lowest BCUT2D eigenvalue weighted by molar-refractivity contribution is -0.139. The average molecular weight is 539 g/mol. The number of sulfonamides is 1. The van der Waals surface area contributed by atoms with Crippen molar-refractivity contribution in [1.82, 2.24) is 15.4 Å². The zero-order valence-corrected chi connectivity index (χ0v) is 21.5. The third-order valence-electron chi connectivity index (χ3n) is 6.03. The molecule has 1 heterocycles. The quantitative estimate of drug-likeness (QED) is 0.293. The molecule has 0 aromatic heterocycles. The Labute approximate surface area is 221 Å². The van der Waals surface area contributed by atoms with Crippen LogP contribution in [0.3, 0.4) is 0 Å². The monoisotopic (exact) mass is 538 g/mol. The van der Waals surface area contributed by atoms with Gasteiger partial charge in [-0.1, -0.05) is 48.5 Å². The second kappa shape index (κ2) is 12.5. The number of amides is 1. The number of hydrogen-bond acceptors (Lipinski definition) is 7. The van der Waals surface area contributed by atoms with Crippen LogP contribution in [0.2, 0.25) is 0 Å². The van der Waals surface area contributed by atoms with E-state index in [2.05, 4.69) is 20.3 Å². The number of nitrogens with one attached hydrogen (secondary N) is 3. The van der Waals surface area contributed by atoms with E-state index in [-0.39, 0.29) is 23.8 Å². The first-order valence-electron chi connectivity index (χ1n) is 12.3. The third-order valence-corrected chi connectivity index (χ3v) is 7.56. The Morgan fingerprint density at radius 2 is 1.82 bits per heavy atom. The Balaban J connectivity index is 1.28. The minimum absolute atomic E-state index is 0.00805.